The Balaban J connectivity index is 1.97. The van der Waals surface area contributed by atoms with Crippen LogP contribution >= 0.6 is 15.9 Å². The molecule has 0 saturated carbocycles. The standard InChI is InChI=1S/C26H17BrN2O2/c1-31-26(30)24-22-19(12-13-28-25(22)27)21-15-18(16-8-4-2-5-9-16)14-20(23(21)29-24)17-10-6-3-7-11-17/h2-15H,1H3. The molecule has 0 radical (unpaired) electrons. The van der Waals surface area contributed by atoms with Crippen LogP contribution < -0.4 is 0 Å². The molecule has 0 atom stereocenters. The van der Waals surface area contributed by atoms with E-state index in [1.165, 1.54) is 7.11 Å². The molecule has 5 heteroatoms. The third-order valence-corrected chi connectivity index (χ3v) is 5.94. The van der Waals surface area contributed by atoms with Gasteiger partial charge in [-0.05, 0) is 56.2 Å². The quantitative estimate of drug-likeness (QED) is 0.168. The Morgan fingerprint density at radius 3 is 2.19 bits per heavy atom. The van der Waals surface area contributed by atoms with Crippen molar-refractivity contribution in [1.82, 2.24) is 9.97 Å². The van der Waals surface area contributed by atoms with Crippen LogP contribution in [0.25, 0.3) is 43.9 Å². The van der Waals surface area contributed by atoms with Crippen LogP contribution in [0.3, 0.4) is 0 Å². The third-order valence-electron chi connectivity index (χ3n) is 5.34. The first kappa shape index (κ1) is 19.4. The fourth-order valence-electron chi connectivity index (χ4n) is 3.89. The molecule has 2 heterocycles. The summed E-state index contributed by atoms with van der Waals surface area (Å²) in [6.45, 7) is 0. The summed E-state index contributed by atoms with van der Waals surface area (Å²) in [6, 6.07) is 26.5. The van der Waals surface area contributed by atoms with E-state index in [1.807, 2.05) is 42.5 Å². The van der Waals surface area contributed by atoms with Crippen LogP contribution in [-0.4, -0.2) is 23.0 Å². The topological polar surface area (TPSA) is 52.1 Å². The second-order valence-electron chi connectivity index (χ2n) is 7.13. The minimum atomic E-state index is -0.494. The summed E-state index contributed by atoms with van der Waals surface area (Å²) in [5.41, 5.74) is 5.17. The lowest BCUT2D eigenvalue weighted by Crippen LogP contribution is -2.07. The molecule has 3 aromatic carbocycles. The molecule has 0 fully saturated rings. The van der Waals surface area contributed by atoms with Crippen LogP contribution in [0.1, 0.15) is 10.5 Å². The Kier molecular flexibility index (Phi) is 4.96. The van der Waals surface area contributed by atoms with Crippen molar-refractivity contribution < 1.29 is 9.53 Å². The third kappa shape index (κ3) is 3.37. The molecule has 0 N–H and O–H groups in total. The fraction of sp³-hybridized carbons (Fsp3) is 0.0385. The lowest BCUT2D eigenvalue weighted by atomic mass is 9.93. The van der Waals surface area contributed by atoms with Gasteiger partial charge in [-0.25, -0.2) is 14.8 Å². The molecule has 150 valence electrons. The van der Waals surface area contributed by atoms with Gasteiger partial charge in [-0.1, -0.05) is 60.7 Å². The van der Waals surface area contributed by atoms with Crippen molar-refractivity contribution in [2.24, 2.45) is 0 Å². The highest BCUT2D eigenvalue weighted by atomic mass is 79.9. The van der Waals surface area contributed by atoms with Crippen molar-refractivity contribution >= 4 is 43.6 Å². The Hall–Kier alpha value is -3.57. The highest BCUT2D eigenvalue weighted by Gasteiger charge is 2.21. The maximum absolute atomic E-state index is 12.6. The average Bonchev–Trinajstić information content (AvgIpc) is 2.83. The van der Waals surface area contributed by atoms with Crippen molar-refractivity contribution in [3.05, 3.63) is 95.4 Å². The van der Waals surface area contributed by atoms with E-state index in [4.69, 9.17) is 9.72 Å². The van der Waals surface area contributed by atoms with Gasteiger partial charge in [0.1, 0.15) is 4.60 Å². The van der Waals surface area contributed by atoms with Crippen molar-refractivity contribution in [3.8, 4) is 22.3 Å². The van der Waals surface area contributed by atoms with Crippen LogP contribution in [0, 0.1) is 0 Å². The summed E-state index contributed by atoms with van der Waals surface area (Å²) in [5, 5.41) is 2.49. The van der Waals surface area contributed by atoms with E-state index in [9.17, 15) is 4.79 Å². The lowest BCUT2D eigenvalue weighted by Gasteiger charge is -2.15. The molecule has 0 unspecified atom stereocenters. The van der Waals surface area contributed by atoms with Crippen molar-refractivity contribution in [2.75, 3.05) is 7.11 Å². The molecule has 0 amide bonds. The predicted octanol–water partition coefficient (Wildman–Crippen LogP) is 6.67. The number of hydrogen-bond acceptors (Lipinski definition) is 4. The molecule has 0 aliphatic rings. The Labute approximate surface area is 187 Å². The minimum Gasteiger partial charge on any atom is -0.464 e. The minimum absolute atomic E-state index is 0.245. The molecule has 0 bridgehead atoms. The van der Waals surface area contributed by atoms with E-state index in [0.717, 1.165) is 38.5 Å². The Bertz CT molecular complexity index is 1430. The monoisotopic (exact) mass is 468 g/mol. The van der Waals surface area contributed by atoms with E-state index < -0.39 is 5.97 Å². The second kappa shape index (κ2) is 7.93. The van der Waals surface area contributed by atoms with Gasteiger partial charge >= 0.3 is 5.97 Å². The van der Waals surface area contributed by atoms with E-state index in [2.05, 4.69) is 57.3 Å². The number of carbonyl (C=O) groups excluding carboxylic acids is 1. The highest BCUT2D eigenvalue weighted by molar-refractivity contribution is 9.10. The summed E-state index contributed by atoms with van der Waals surface area (Å²) < 4.78 is 5.60. The maximum Gasteiger partial charge on any atom is 0.357 e. The first-order chi connectivity index (χ1) is 15.2. The van der Waals surface area contributed by atoms with Crippen LogP contribution in [0.4, 0.5) is 0 Å². The summed E-state index contributed by atoms with van der Waals surface area (Å²) >= 11 is 3.50. The first-order valence-corrected chi connectivity index (χ1v) is 10.6. The zero-order chi connectivity index (χ0) is 21.4. The molecule has 0 aliphatic carbocycles. The average molecular weight is 469 g/mol. The number of esters is 1. The van der Waals surface area contributed by atoms with Gasteiger partial charge in [0.25, 0.3) is 0 Å². The predicted molar refractivity (Wildman–Crippen MR) is 127 cm³/mol. The summed E-state index contributed by atoms with van der Waals surface area (Å²) in [4.78, 5) is 21.7. The van der Waals surface area contributed by atoms with E-state index in [-0.39, 0.29) is 5.69 Å². The van der Waals surface area contributed by atoms with Gasteiger partial charge in [0.15, 0.2) is 5.69 Å². The number of aromatic nitrogens is 2. The van der Waals surface area contributed by atoms with E-state index in [1.54, 1.807) is 6.20 Å². The summed E-state index contributed by atoms with van der Waals surface area (Å²) in [7, 11) is 1.36. The van der Waals surface area contributed by atoms with Gasteiger partial charge in [-0.2, -0.15) is 0 Å². The van der Waals surface area contributed by atoms with Crippen LogP contribution in [0.2, 0.25) is 0 Å². The van der Waals surface area contributed by atoms with Gasteiger partial charge in [0, 0.05) is 22.5 Å². The van der Waals surface area contributed by atoms with E-state index >= 15 is 0 Å². The zero-order valence-electron chi connectivity index (χ0n) is 16.7. The molecule has 0 aliphatic heterocycles. The number of pyridine rings is 2. The largest absolute Gasteiger partial charge is 0.464 e. The number of hydrogen-bond donors (Lipinski definition) is 0. The van der Waals surface area contributed by atoms with Gasteiger partial charge in [0.2, 0.25) is 0 Å². The molecule has 5 aromatic rings. The first-order valence-electron chi connectivity index (χ1n) is 9.78. The maximum atomic E-state index is 12.6. The van der Waals surface area contributed by atoms with Gasteiger partial charge in [-0.15, -0.1) is 0 Å². The lowest BCUT2D eigenvalue weighted by molar-refractivity contribution is 0.0597. The van der Waals surface area contributed by atoms with Crippen molar-refractivity contribution in [3.63, 3.8) is 0 Å². The van der Waals surface area contributed by atoms with Gasteiger partial charge < -0.3 is 4.74 Å². The van der Waals surface area contributed by atoms with E-state index in [0.29, 0.717) is 9.99 Å². The number of halogens is 1. The molecule has 0 saturated heterocycles. The Morgan fingerprint density at radius 2 is 1.52 bits per heavy atom. The van der Waals surface area contributed by atoms with Crippen LogP contribution in [-0.2, 0) is 4.74 Å². The second-order valence-corrected chi connectivity index (χ2v) is 7.88. The summed E-state index contributed by atoms with van der Waals surface area (Å²) in [5.74, 6) is -0.494. The van der Waals surface area contributed by atoms with Gasteiger partial charge in [-0.3, -0.25) is 0 Å². The summed E-state index contributed by atoms with van der Waals surface area (Å²) in [6.07, 6.45) is 1.73. The molecular weight excluding hydrogens is 452 g/mol. The number of rotatable bonds is 3. The molecule has 5 rings (SSSR count). The number of nitrogens with zero attached hydrogens (tertiary/aromatic N) is 2. The van der Waals surface area contributed by atoms with Crippen LogP contribution in [0.5, 0.6) is 0 Å². The molecule has 31 heavy (non-hydrogen) atoms. The van der Waals surface area contributed by atoms with Gasteiger partial charge in [0.05, 0.1) is 12.6 Å². The highest BCUT2D eigenvalue weighted by Crippen LogP contribution is 2.38. The normalized spacial score (nSPS) is 11.0. The zero-order valence-corrected chi connectivity index (χ0v) is 18.3. The number of carbonyl (C=O) groups is 1. The molecule has 4 nitrogen and oxygen atoms in total. The molecular formula is C26H17BrN2O2. The molecule has 0 spiro atoms. The number of methoxy groups -OCH3 is 1. The SMILES string of the molecule is COC(=O)c1nc2c(-c3ccccc3)cc(-c3ccccc3)cc2c2ccnc(Br)c12. The number of ether oxygens (including phenoxy) is 1. The number of benzene rings is 3. The van der Waals surface area contributed by atoms with Crippen LogP contribution in [0.15, 0.2) is 89.7 Å². The number of fused-ring (bicyclic) bond motifs is 3. The Morgan fingerprint density at radius 1 is 0.839 bits per heavy atom. The smallest absolute Gasteiger partial charge is 0.357 e. The fourth-order valence-corrected chi connectivity index (χ4v) is 4.41. The molecule has 2 aromatic heterocycles. The van der Waals surface area contributed by atoms with Crippen molar-refractivity contribution in [1.29, 1.82) is 0 Å². The van der Waals surface area contributed by atoms with Crippen molar-refractivity contribution in [2.45, 2.75) is 0 Å².